The average molecular weight is 348 g/mol. The lowest BCUT2D eigenvalue weighted by atomic mass is 9.75. The summed E-state index contributed by atoms with van der Waals surface area (Å²) >= 11 is 1.66. The lowest BCUT2D eigenvalue weighted by Gasteiger charge is -2.42. The van der Waals surface area contributed by atoms with Crippen LogP contribution in [0, 0.1) is 0 Å². The molecule has 0 unspecified atom stereocenters. The number of carbonyl (C=O) groups excluding carboxylic acids is 1. The van der Waals surface area contributed by atoms with Gasteiger partial charge < -0.3 is 9.31 Å². The number of Topliss-reactive ketones (excluding diaryl/α,β-unsaturated/α-hetero) is 1. The molecule has 1 heterocycles. The first-order valence-corrected chi connectivity index (χ1v) is 10.2. The molecule has 0 amide bonds. The number of ketones is 1. The molecule has 1 aliphatic rings. The molecule has 24 heavy (non-hydrogen) atoms. The summed E-state index contributed by atoms with van der Waals surface area (Å²) in [7, 11) is -0.411. The monoisotopic (exact) mass is 348 g/mol. The van der Waals surface area contributed by atoms with Crippen LogP contribution in [-0.4, -0.2) is 30.4 Å². The first kappa shape index (κ1) is 19.5. The van der Waals surface area contributed by atoms with Gasteiger partial charge in [-0.05, 0) is 50.4 Å². The number of hydrogen-bond acceptors (Lipinski definition) is 4. The highest BCUT2D eigenvalue weighted by Gasteiger charge is 2.58. The second-order valence-electron chi connectivity index (χ2n) is 6.48. The summed E-state index contributed by atoms with van der Waals surface area (Å²) < 4.78 is 13.1. The van der Waals surface area contributed by atoms with Gasteiger partial charge in [-0.1, -0.05) is 39.8 Å². The predicted molar refractivity (Wildman–Crippen MR) is 102 cm³/mol. The van der Waals surface area contributed by atoms with E-state index in [1.54, 1.807) is 18.7 Å². The van der Waals surface area contributed by atoms with Crippen LogP contribution in [0.25, 0.3) is 0 Å². The van der Waals surface area contributed by atoms with Crippen molar-refractivity contribution in [2.24, 2.45) is 0 Å². The van der Waals surface area contributed by atoms with Crippen LogP contribution in [0.3, 0.4) is 0 Å². The molecule has 0 N–H and O–H groups in total. The van der Waals surface area contributed by atoms with Gasteiger partial charge >= 0.3 is 7.12 Å². The second-order valence-corrected chi connectivity index (χ2v) is 7.33. The number of hydrogen-bond donors (Lipinski definition) is 0. The van der Waals surface area contributed by atoms with Crippen molar-refractivity contribution in [1.82, 2.24) is 0 Å². The van der Waals surface area contributed by atoms with Crippen molar-refractivity contribution in [3.05, 3.63) is 23.8 Å². The molecule has 0 saturated carbocycles. The lowest BCUT2D eigenvalue weighted by molar-refractivity contribution is -0.0601. The highest BCUT2D eigenvalue weighted by molar-refractivity contribution is 7.98. The molecule has 1 saturated heterocycles. The van der Waals surface area contributed by atoms with Gasteiger partial charge in [0.05, 0.1) is 11.2 Å². The molecule has 1 aliphatic heterocycles. The minimum absolute atomic E-state index is 0.0661. The zero-order valence-electron chi connectivity index (χ0n) is 15.8. The predicted octanol–water partition coefficient (Wildman–Crippen LogP) is 4.47. The third kappa shape index (κ3) is 3.06. The normalized spacial score (nSPS) is 18.8. The Kier molecular flexibility index (Phi) is 6.21. The van der Waals surface area contributed by atoms with Crippen molar-refractivity contribution in [3.8, 4) is 0 Å². The van der Waals surface area contributed by atoms with E-state index in [2.05, 4.69) is 27.7 Å². The standard InChI is InChI=1S/C19H29BO3S/c1-7-18(8-2)19(9-3,10-4)23-20(22-18)16-13-15(14(5)21)11-12-17(16)24-6/h11-13H,7-10H2,1-6H3. The summed E-state index contributed by atoms with van der Waals surface area (Å²) in [5.41, 5.74) is 1.14. The van der Waals surface area contributed by atoms with E-state index in [-0.39, 0.29) is 17.0 Å². The van der Waals surface area contributed by atoms with Crippen LogP contribution in [0.15, 0.2) is 23.1 Å². The summed E-state index contributed by atoms with van der Waals surface area (Å²) in [5.74, 6) is 0.0661. The first-order chi connectivity index (χ1) is 11.4. The van der Waals surface area contributed by atoms with Gasteiger partial charge in [-0.2, -0.15) is 0 Å². The van der Waals surface area contributed by atoms with E-state index in [1.807, 2.05) is 24.5 Å². The van der Waals surface area contributed by atoms with Crippen molar-refractivity contribution >= 4 is 30.1 Å². The fourth-order valence-corrected chi connectivity index (χ4v) is 4.63. The van der Waals surface area contributed by atoms with Crippen LogP contribution in [0.4, 0.5) is 0 Å². The van der Waals surface area contributed by atoms with E-state index < -0.39 is 7.12 Å². The zero-order valence-corrected chi connectivity index (χ0v) is 16.6. The summed E-state index contributed by atoms with van der Waals surface area (Å²) in [6.07, 6.45) is 5.72. The molecule has 0 aromatic heterocycles. The zero-order chi connectivity index (χ0) is 18.0. The summed E-state index contributed by atoms with van der Waals surface area (Å²) in [5, 5.41) is 0. The molecule has 1 fully saturated rings. The molecule has 1 aromatic carbocycles. The average Bonchev–Trinajstić information content (AvgIpc) is 2.96. The third-order valence-electron chi connectivity index (χ3n) is 5.67. The van der Waals surface area contributed by atoms with Crippen LogP contribution in [0.5, 0.6) is 0 Å². The second kappa shape index (κ2) is 7.63. The van der Waals surface area contributed by atoms with E-state index in [1.165, 1.54) is 0 Å². The molecule has 1 aromatic rings. The van der Waals surface area contributed by atoms with Gasteiger partial charge in [0.15, 0.2) is 5.78 Å². The van der Waals surface area contributed by atoms with E-state index in [0.717, 1.165) is 36.0 Å². The first-order valence-electron chi connectivity index (χ1n) is 8.97. The summed E-state index contributed by atoms with van der Waals surface area (Å²) in [6.45, 7) is 10.3. The number of thioether (sulfide) groups is 1. The van der Waals surface area contributed by atoms with Crippen LogP contribution in [0.1, 0.15) is 70.7 Å². The Morgan fingerprint density at radius 2 is 1.54 bits per heavy atom. The Labute approximate surface area is 151 Å². The molecule has 0 aliphatic carbocycles. The third-order valence-corrected chi connectivity index (χ3v) is 6.48. The molecular weight excluding hydrogens is 319 g/mol. The topological polar surface area (TPSA) is 35.5 Å². The minimum Gasteiger partial charge on any atom is -0.399 e. The van der Waals surface area contributed by atoms with Crippen LogP contribution in [-0.2, 0) is 9.31 Å². The van der Waals surface area contributed by atoms with Gasteiger partial charge in [0.2, 0.25) is 0 Å². The SMILES string of the molecule is CCC1(CC)OB(c2cc(C(C)=O)ccc2SC)OC1(CC)CC. The smallest absolute Gasteiger partial charge is 0.399 e. The highest BCUT2D eigenvalue weighted by Crippen LogP contribution is 2.47. The van der Waals surface area contributed by atoms with Gasteiger partial charge in [0, 0.05) is 10.5 Å². The van der Waals surface area contributed by atoms with Gasteiger partial charge in [-0.15, -0.1) is 11.8 Å². The molecule has 0 atom stereocenters. The van der Waals surface area contributed by atoms with Gasteiger partial charge in [-0.3, -0.25) is 4.79 Å². The van der Waals surface area contributed by atoms with E-state index in [9.17, 15) is 4.79 Å². The van der Waals surface area contributed by atoms with Crippen molar-refractivity contribution in [2.75, 3.05) is 6.26 Å². The number of benzene rings is 1. The fraction of sp³-hybridized carbons (Fsp3) is 0.632. The molecular formula is C19H29BO3S. The number of rotatable bonds is 7. The largest absolute Gasteiger partial charge is 0.496 e. The van der Waals surface area contributed by atoms with Crippen molar-refractivity contribution in [2.45, 2.75) is 76.4 Å². The maximum Gasteiger partial charge on any atom is 0.496 e. The summed E-state index contributed by atoms with van der Waals surface area (Å²) in [6, 6.07) is 5.82. The fourth-order valence-electron chi connectivity index (χ4n) is 4.04. The molecule has 3 nitrogen and oxygen atoms in total. The highest BCUT2D eigenvalue weighted by atomic mass is 32.2. The van der Waals surface area contributed by atoms with Crippen LogP contribution >= 0.6 is 11.8 Å². The molecule has 0 spiro atoms. The van der Waals surface area contributed by atoms with Crippen molar-refractivity contribution in [3.63, 3.8) is 0 Å². The maximum absolute atomic E-state index is 11.8. The van der Waals surface area contributed by atoms with Crippen molar-refractivity contribution in [1.29, 1.82) is 0 Å². The van der Waals surface area contributed by atoms with Crippen LogP contribution in [0.2, 0.25) is 0 Å². The Morgan fingerprint density at radius 3 is 1.92 bits per heavy atom. The molecule has 2 rings (SSSR count). The van der Waals surface area contributed by atoms with E-state index in [4.69, 9.17) is 9.31 Å². The minimum atomic E-state index is -0.411. The maximum atomic E-state index is 11.8. The van der Waals surface area contributed by atoms with Crippen LogP contribution < -0.4 is 5.46 Å². The molecule has 132 valence electrons. The number of carbonyl (C=O) groups is 1. The molecule has 0 radical (unpaired) electrons. The van der Waals surface area contributed by atoms with Crippen molar-refractivity contribution < 1.29 is 14.1 Å². The molecule has 0 bridgehead atoms. The van der Waals surface area contributed by atoms with Gasteiger partial charge in [0.1, 0.15) is 0 Å². The molecule has 5 heteroatoms. The Balaban J connectivity index is 2.51. The Hall–Kier alpha value is -0.775. The lowest BCUT2D eigenvalue weighted by Crippen LogP contribution is -2.50. The summed E-state index contributed by atoms with van der Waals surface area (Å²) in [4.78, 5) is 12.9. The Morgan fingerprint density at radius 1 is 1.04 bits per heavy atom. The van der Waals surface area contributed by atoms with E-state index >= 15 is 0 Å². The van der Waals surface area contributed by atoms with E-state index in [0.29, 0.717) is 5.56 Å². The van der Waals surface area contributed by atoms with Gasteiger partial charge in [0.25, 0.3) is 0 Å². The van der Waals surface area contributed by atoms with Gasteiger partial charge in [-0.25, -0.2) is 0 Å². The Bertz CT molecular complexity index is 574. The quantitative estimate of drug-likeness (QED) is 0.414.